The van der Waals surface area contributed by atoms with Crippen LogP contribution in [0.1, 0.15) is 125 Å². The average Bonchev–Trinajstić information content (AvgIpc) is 3.03. The molecule has 20 heteroatoms. The van der Waals surface area contributed by atoms with Crippen LogP contribution in [0.5, 0.6) is 11.5 Å². The highest BCUT2D eigenvalue weighted by Gasteiger charge is 2.72. The zero-order chi connectivity index (χ0) is 43.3. The molecule has 0 spiro atoms. The van der Waals surface area contributed by atoms with Crippen molar-refractivity contribution in [1.82, 2.24) is 0 Å². The Balaban J connectivity index is 2.14. The number of alkyl halides is 12. The van der Waals surface area contributed by atoms with Gasteiger partial charge in [0.15, 0.2) is 0 Å². The van der Waals surface area contributed by atoms with E-state index in [4.69, 9.17) is 8.37 Å². The van der Waals surface area contributed by atoms with Gasteiger partial charge < -0.3 is 8.37 Å². The minimum atomic E-state index is -6.02. The Hall–Kier alpha value is -2.90. The monoisotopic (exact) mass is 880 g/mol. The molecule has 328 valence electrons. The molecule has 6 nitrogen and oxygen atoms in total. The van der Waals surface area contributed by atoms with Gasteiger partial charge in [-0.1, -0.05) is 88.5 Å². The van der Waals surface area contributed by atoms with Crippen LogP contribution >= 0.6 is 0 Å². The van der Waals surface area contributed by atoms with E-state index in [1.807, 2.05) is 0 Å². The summed E-state index contributed by atoms with van der Waals surface area (Å²) in [6, 6.07) is 3.28. The van der Waals surface area contributed by atoms with Crippen molar-refractivity contribution in [2.75, 3.05) is 11.5 Å². The van der Waals surface area contributed by atoms with E-state index in [-0.39, 0.29) is 36.8 Å². The van der Waals surface area contributed by atoms with Crippen molar-refractivity contribution in [1.29, 1.82) is 0 Å². The van der Waals surface area contributed by atoms with E-state index in [0.29, 0.717) is 101 Å². The highest BCUT2D eigenvalue weighted by molar-refractivity contribution is 7.87. The third kappa shape index (κ3) is 16.7. The van der Waals surface area contributed by atoms with Crippen molar-refractivity contribution in [3.05, 3.63) is 58.7 Å². The van der Waals surface area contributed by atoms with Crippen molar-refractivity contribution in [2.45, 2.75) is 147 Å². The van der Waals surface area contributed by atoms with Gasteiger partial charge >= 0.3 is 44.9 Å². The van der Waals surface area contributed by atoms with Crippen LogP contribution in [0.2, 0.25) is 0 Å². The predicted molar refractivity (Wildman–Crippen MR) is 190 cm³/mol. The normalized spacial score (nSPS) is 13.6. The molecule has 2 aromatic rings. The predicted octanol–water partition coefficient (Wildman–Crippen LogP) is 12.5. The van der Waals surface area contributed by atoms with Gasteiger partial charge in [-0.15, -0.1) is 0 Å². The molecule has 2 aromatic carbocycles. The minimum absolute atomic E-state index is 0.0146. The first-order valence-electron chi connectivity index (χ1n) is 18.4. The molecule has 0 saturated heterocycles. The lowest BCUT2D eigenvalue weighted by atomic mass is 9.72. The molecular formula is C37H48F12O6S2. The highest BCUT2D eigenvalue weighted by atomic mass is 32.2. The molecule has 0 bridgehead atoms. The SMILES string of the molecule is Cc1cc(C(c2ccc(OS(=O)(=O)CCCCCCCCCC(F)(F)F)c(C)c2)(C(F)(F)F)C(F)(F)F)ccc1OS(=O)(=O)CCCCCCCCCC(F)(F)F. The van der Waals surface area contributed by atoms with Crippen LogP contribution in [0, 0.1) is 13.8 Å². The first-order chi connectivity index (χ1) is 26.1. The van der Waals surface area contributed by atoms with Crippen LogP contribution in [0.4, 0.5) is 52.7 Å². The van der Waals surface area contributed by atoms with Gasteiger partial charge in [0.05, 0.1) is 11.5 Å². The van der Waals surface area contributed by atoms with E-state index >= 15 is 0 Å². The Morgan fingerprint density at radius 3 is 0.982 bits per heavy atom. The molecule has 2 rings (SSSR count). The number of halogens is 12. The van der Waals surface area contributed by atoms with Crippen LogP contribution in [0.3, 0.4) is 0 Å². The van der Waals surface area contributed by atoms with Crippen LogP contribution in [0.15, 0.2) is 36.4 Å². The molecule has 0 atom stereocenters. The van der Waals surface area contributed by atoms with E-state index in [1.54, 1.807) is 0 Å². The first kappa shape index (κ1) is 50.2. The summed E-state index contributed by atoms with van der Waals surface area (Å²) >= 11 is 0. The zero-order valence-electron chi connectivity index (χ0n) is 31.5. The molecule has 0 aliphatic carbocycles. The molecule has 0 unspecified atom stereocenters. The van der Waals surface area contributed by atoms with Crippen LogP contribution in [-0.2, 0) is 25.7 Å². The molecule has 0 radical (unpaired) electrons. The lowest BCUT2D eigenvalue weighted by Gasteiger charge is -2.38. The van der Waals surface area contributed by atoms with Crippen molar-refractivity contribution >= 4 is 20.2 Å². The molecule has 0 amide bonds. The van der Waals surface area contributed by atoms with Crippen molar-refractivity contribution in [2.24, 2.45) is 0 Å². The topological polar surface area (TPSA) is 86.7 Å². The maximum absolute atomic E-state index is 14.9. The van der Waals surface area contributed by atoms with Crippen molar-refractivity contribution in [3.8, 4) is 11.5 Å². The zero-order valence-corrected chi connectivity index (χ0v) is 33.1. The summed E-state index contributed by atoms with van der Waals surface area (Å²) in [6.45, 7) is 2.13. The maximum atomic E-state index is 14.9. The standard InChI is InChI=1S/C37H48F12O6S2/c1-27-25-29(17-19-31(27)54-56(50,51)23-15-11-7-3-5-9-13-21-33(38,39)40)35(36(44,45)46,37(47,48)49)30-18-20-32(28(2)26-30)55-57(52,53)24-16-12-8-4-6-10-14-22-34(41,42)43/h17-20,25-26H,3-16,21-24H2,1-2H3. The fourth-order valence-electron chi connectivity index (χ4n) is 6.27. The smallest absolute Gasteiger partial charge is 0.382 e. The molecule has 0 heterocycles. The van der Waals surface area contributed by atoms with E-state index in [1.165, 1.54) is 0 Å². The third-order valence-electron chi connectivity index (χ3n) is 9.21. The summed E-state index contributed by atoms with van der Waals surface area (Å²) in [6.07, 6.45) is -17.4. The maximum Gasteiger partial charge on any atom is 0.411 e. The van der Waals surface area contributed by atoms with Gasteiger partial charge in [-0.25, -0.2) is 0 Å². The average molecular weight is 881 g/mol. The number of hydrogen-bond acceptors (Lipinski definition) is 6. The van der Waals surface area contributed by atoms with Gasteiger partial charge in [0.2, 0.25) is 5.41 Å². The Bertz CT molecular complexity index is 1640. The van der Waals surface area contributed by atoms with E-state index in [0.717, 1.165) is 13.8 Å². The lowest BCUT2D eigenvalue weighted by molar-refractivity contribution is -0.288. The minimum Gasteiger partial charge on any atom is -0.382 e. The highest BCUT2D eigenvalue weighted by Crippen LogP contribution is 2.57. The van der Waals surface area contributed by atoms with E-state index in [9.17, 15) is 69.5 Å². The summed E-state index contributed by atoms with van der Waals surface area (Å²) in [5.41, 5.74) is -8.03. The molecule has 0 aliphatic rings. The molecular weight excluding hydrogens is 833 g/mol. The second-order valence-corrected chi connectivity index (χ2v) is 17.5. The van der Waals surface area contributed by atoms with Crippen LogP contribution in [0.25, 0.3) is 0 Å². The number of aryl methyl sites for hydroxylation is 2. The van der Waals surface area contributed by atoms with E-state index in [2.05, 4.69) is 0 Å². The summed E-state index contributed by atoms with van der Waals surface area (Å²) < 4.78 is 223. The Kier molecular flexibility index (Phi) is 18.4. The van der Waals surface area contributed by atoms with Crippen molar-refractivity contribution < 1.29 is 77.9 Å². The lowest BCUT2D eigenvalue weighted by Crippen LogP contribution is -2.54. The molecule has 57 heavy (non-hydrogen) atoms. The molecule has 0 fully saturated rings. The van der Waals surface area contributed by atoms with Gasteiger partial charge in [0.25, 0.3) is 0 Å². The van der Waals surface area contributed by atoms with Gasteiger partial charge in [0.1, 0.15) is 11.5 Å². The third-order valence-corrected chi connectivity index (χ3v) is 11.7. The molecule has 0 saturated carbocycles. The van der Waals surface area contributed by atoms with Gasteiger partial charge in [-0.3, -0.25) is 0 Å². The first-order valence-corrected chi connectivity index (χ1v) is 21.6. The molecule has 0 aliphatic heterocycles. The van der Waals surface area contributed by atoms with Crippen LogP contribution < -0.4 is 8.37 Å². The quantitative estimate of drug-likeness (QED) is 0.0593. The Morgan fingerprint density at radius 2 is 0.719 bits per heavy atom. The van der Waals surface area contributed by atoms with Crippen molar-refractivity contribution in [3.63, 3.8) is 0 Å². The van der Waals surface area contributed by atoms with Gasteiger partial charge in [-0.05, 0) is 73.9 Å². The Labute approximate surface area is 325 Å². The second-order valence-electron chi connectivity index (χ2n) is 14.1. The summed E-state index contributed by atoms with van der Waals surface area (Å²) in [5, 5.41) is 0. The summed E-state index contributed by atoms with van der Waals surface area (Å²) in [4.78, 5) is 0. The van der Waals surface area contributed by atoms with E-state index < -0.39 is 97.3 Å². The second kappa shape index (κ2) is 20.9. The fourth-order valence-corrected chi connectivity index (χ4v) is 8.47. The van der Waals surface area contributed by atoms with Gasteiger partial charge in [-0.2, -0.15) is 69.5 Å². The van der Waals surface area contributed by atoms with Crippen LogP contribution in [-0.4, -0.2) is 53.0 Å². The number of rotatable bonds is 24. The molecule has 0 N–H and O–H groups in total. The Morgan fingerprint density at radius 1 is 0.439 bits per heavy atom. The fraction of sp³-hybridized carbons (Fsp3) is 0.676. The summed E-state index contributed by atoms with van der Waals surface area (Å²) in [5.74, 6) is -2.07. The summed E-state index contributed by atoms with van der Waals surface area (Å²) in [7, 11) is -8.68. The number of unbranched alkanes of at least 4 members (excludes halogenated alkanes) is 12. The molecule has 0 aromatic heterocycles. The number of hydrogen-bond donors (Lipinski definition) is 0. The number of benzene rings is 2. The van der Waals surface area contributed by atoms with Gasteiger partial charge in [0, 0.05) is 12.8 Å². The largest absolute Gasteiger partial charge is 0.411 e.